The minimum Gasteiger partial charge on any atom is -0.469 e. The molecule has 0 saturated heterocycles. The van der Waals surface area contributed by atoms with Crippen molar-refractivity contribution in [3.8, 4) is 5.69 Å². The van der Waals surface area contributed by atoms with Crippen molar-refractivity contribution in [1.29, 1.82) is 0 Å². The first-order valence-electron chi connectivity index (χ1n) is 9.87. The smallest absolute Gasteiger partial charge is 0.255 e. The van der Waals surface area contributed by atoms with Gasteiger partial charge in [-0.3, -0.25) is 4.79 Å². The predicted molar refractivity (Wildman–Crippen MR) is 109 cm³/mol. The maximum absolute atomic E-state index is 12.6. The lowest BCUT2D eigenvalue weighted by Gasteiger charge is -2.24. The van der Waals surface area contributed by atoms with Gasteiger partial charge in [0.2, 0.25) is 0 Å². The highest BCUT2D eigenvalue weighted by Crippen LogP contribution is 2.32. The summed E-state index contributed by atoms with van der Waals surface area (Å²) in [6.45, 7) is 8.45. The number of hydrogen-bond donors (Lipinski definition) is 1. The Balaban J connectivity index is 1.59. The van der Waals surface area contributed by atoms with E-state index in [1.54, 1.807) is 19.3 Å². The molecule has 28 heavy (non-hydrogen) atoms. The van der Waals surface area contributed by atoms with Crippen molar-refractivity contribution in [2.45, 2.75) is 58.4 Å². The van der Waals surface area contributed by atoms with Gasteiger partial charge in [0, 0.05) is 11.3 Å². The van der Waals surface area contributed by atoms with Crippen LogP contribution in [0.1, 0.15) is 72.6 Å². The molecule has 1 aliphatic carbocycles. The van der Waals surface area contributed by atoms with E-state index in [4.69, 9.17) is 4.42 Å². The third-order valence-corrected chi connectivity index (χ3v) is 5.57. The van der Waals surface area contributed by atoms with Crippen LogP contribution in [0.3, 0.4) is 0 Å². The van der Waals surface area contributed by atoms with E-state index in [2.05, 4.69) is 55.5 Å². The van der Waals surface area contributed by atoms with Gasteiger partial charge in [-0.1, -0.05) is 32.9 Å². The zero-order valence-electron chi connectivity index (χ0n) is 17.0. The number of aryl methyl sites for hydroxylation is 1. The first-order chi connectivity index (χ1) is 13.3. The fourth-order valence-corrected chi connectivity index (χ4v) is 3.89. The molecule has 146 valence electrons. The number of amides is 1. The summed E-state index contributed by atoms with van der Waals surface area (Å²) in [5.41, 5.74) is 5.38. The molecule has 0 bridgehead atoms. The number of hydrogen-bond acceptors (Lipinski definition) is 3. The molecule has 0 spiro atoms. The third-order valence-electron chi connectivity index (χ3n) is 5.57. The van der Waals surface area contributed by atoms with Crippen molar-refractivity contribution >= 4 is 5.91 Å². The number of carbonyl (C=O) groups excluding carboxylic acids is 1. The summed E-state index contributed by atoms with van der Waals surface area (Å²) in [4.78, 5) is 12.6. The zero-order chi connectivity index (χ0) is 19.9. The van der Waals surface area contributed by atoms with Crippen molar-refractivity contribution in [1.82, 2.24) is 15.1 Å². The van der Waals surface area contributed by atoms with Gasteiger partial charge in [0.05, 0.1) is 29.8 Å². The molecule has 4 rings (SSSR count). The van der Waals surface area contributed by atoms with Crippen LogP contribution >= 0.6 is 0 Å². The van der Waals surface area contributed by atoms with Gasteiger partial charge in [-0.25, -0.2) is 4.68 Å². The Hall–Kier alpha value is -2.82. The number of nitrogens with zero attached hydrogens (tertiary/aromatic N) is 2. The highest BCUT2D eigenvalue weighted by atomic mass is 16.3. The topological polar surface area (TPSA) is 60.1 Å². The van der Waals surface area contributed by atoms with Crippen LogP contribution < -0.4 is 5.32 Å². The van der Waals surface area contributed by atoms with Gasteiger partial charge in [-0.05, 0) is 55.4 Å². The van der Waals surface area contributed by atoms with Gasteiger partial charge in [-0.15, -0.1) is 0 Å². The highest BCUT2D eigenvalue weighted by molar-refractivity contribution is 5.95. The van der Waals surface area contributed by atoms with Gasteiger partial charge < -0.3 is 9.73 Å². The molecule has 1 N–H and O–H groups in total. The van der Waals surface area contributed by atoms with Gasteiger partial charge in [0.1, 0.15) is 5.76 Å². The summed E-state index contributed by atoms with van der Waals surface area (Å²) < 4.78 is 7.28. The second kappa shape index (κ2) is 6.97. The van der Waals surface area contributed by atoms with Crippen LogP contribution in [0.25, 0.3) is 5.69 Å². The summed E-state index contributed by atoms with van der Waals surface area (Å²) in [5, 5.41) is 7.80. The van der Waals surface area contributed by atoms with Crippen LogP contribution in [-0.4, -0.2) is 15.7 Å². The molecule has 5 heteroatoms. The maximum atomic E-state index is 12.6. The quantitative estimate of drug-likeness (QED) is 0.708. The summed E-state index contributed by atoms with van der Waals surface area (Å²) in [6, 6.07) is 10.3. The monoisotopic (exact) mass is 377 g/mol. The molecule has 0 radical (unpaired) electrons. The number of rotatable bonds is 3. The SMILES string of the molecule is Cc1occc1C(=O)NC1CCCc2c1cnn2-c1ccc(C(C)(C)C)cc1. The van der Waals surface area contributed by atoms with E-state index in [1.165, 1.54) is 11.3 Å². The number of furan rings is 1. The Morgan fingerprint density at radius 3 is 2.61 bits per heavy atom. The standard InChI is InChI=1S/C23H27N3O2/c1-15-18(12-13-28-15)22(27)25-20-6-5-7-21-19(20)14-24-26(21)17-10-8-16(9-11-17)23(2,3)4/h8-14,20H,5-7H2,1-4H3,(H,25,27). The van der Waals surface area contributed by atoms with Crippen molar-refractivity contribution < 1.29 is 9.21 Å². The molecule has 1 aliphatic rings. The Morgan fingerprint density at radius 2 is 1.96 bits per heavy atom. The van der Waals surface area contributed by atoms with Crippen molar-refractivity contribution in [3.63, 3.8) is 0 Å². The molecule has 5 nitrogen and oxygen atoms in total. The van der Waals surface area contributed by atoms with E-state index < -0.39 is 0 Å². The molecule has 2 heterocycles. The second-order valence-corrected chi connectivity index (χ2v) is 8.56. The lowest BCUT2D eigenvalue weighted by molar-refractivity contribution is 0.0931. The van der Waals surface area contributed by atoms with Crippen molar-refractivity contribution in [2.75, 3.05) is 0 Å². The summed E-state index contributed by atoms with van der Waals surface area (Å²) in [5.74, 6) is 0.551. The fourth-order valence-electron chi connectivity index (χ4n) is 3.89. The Bertz CT molecular complexity index is 990. The summed E-state index contributed by atoms with van der Waals surface area (Å²) >= 11 is 0. The normalized spacial score (nSPS) is 16.6. The van der Waals surface area contributed by atoms with E-state index in [9.17, 15) is 4.79 Å². The molecule has 0 fully saturated rings. The second-order valence-electron chi connectivity index (χ2n) is 8.56. The molecule has 1 unspecified atom stereocenters. The minimum atomic E-state index is -0.0913. The molecule has 1 atom stereocenters. The lowest BCUT2D eigenvalue weighted by atomic mass is 9.87. The number of nitrogens with one attached hydrogen (secondary N) is 1. The molecular formula is C23H27N3O2. The molecule has 1 aromatic carbocycles. The van der Waals surface area contributed by atoms with E-state index >= 15 is 0 Å². The van der Waals surface area contributed by atoms with Crippen LogP contribution in [0.2, 0.25) is 0 Å². The third kappa shape index (κ3) is 3.37. The lowest BCUT2D eigenvalue weighted by Crippen LogP contribution is -2.31. The van der Waals surface area contributed by atoms with E-state index in [0.717, 1.165) is 30.5 Å². The average molecular weight is 377 g/mol. The van der Waals surface area contributed by atoms with Gasteiger partial charge in [-0.2, -0.15) is 5.10 Å². The zero-order valence-corrected chi connectivity index (χ0v) is 17.0. The van der Waals surface area contributed by atoms with Gasteiger partial charge >= 0.3 is 0 Å². The Labute approximate surface area is 165 Å². The molecule has 1 amide bonds. The molecule has 2 aromatic heterocycles. The minimum absolute atomic E-state index is 0.0202. The van der Waals surface area contributed by atoms with E-state index in [-0.39, 0.29) is 17.4 Å². The summed E-state index contributed by atoms with van der Waals surface area (Å²) in [6.07, 6.45) is 6.36. The van der Waals surface area contributed by atoms with Crippen molar-refractivity contribution in [2.24, 2.45) is 0 Å². The van der Waals surface area contributed by atoms with Crippen LogP contribution in [0.5, 0.6) is 0 Å². The number of aromatic nitrogens is 2. The molecular weight excluding hydrogens is 350 g/mol. The van der Waals surface area contributed by atoms with Crippen LogP contribution in [-0.2, 0) is 11.8 Å². The maximum Gasteiger partial charge on any atom is 0.255 e. The van der Waals surface area contributed by atoms with Crippen LogP contribution in [0, 0.1) is 6.92 Å². The average Bonchev–Trinajstić information content (AvgIpc) is 3.28. The Kier molecular flexibility index (Phi) is 4.61. The summed E-state index contributed by atoms with van der Waals surface area (Å²) in [7, 11) is 0. The van der Waals surface area contributed by atoms with Crippen LogP contribution in [0.4, 0.5) is 0 Å². The number of carbonyl (C=O) groups is 1. The molecule has 0 aliphatic heterocycles. The number of benzene rings is 1. The first kappa shape index (κ1) is 18.5. The number of fused-ring (bicyclic) bond motifs is 1. The fraction of sp³-hybridized carbons (Fsp3) is 0.391. The predicted octanol–water partition coefficient (Wildman–Crippen LogP) is 4.88. The van der Waals surface area contributed by atoms with E-state index in [0.29, 0.717) is 11.3 Å². The van der Waals surface area contributed by atoms with Crippen molar-refractivity contribution in [3.05, 3.63) is 70.9 Å². The molecule has 0 saturated carbocycles. The van der Waals surface area contributed by atoms with E-state index in [1.807, 2.05) is 10.9 Å². The Morgan fingerprint density at radius 1 is 1.21 bits per heavy atom. The first-order valence-corrected chi connectivity index (χ1v) is 9.87. The highest BCUT2D eigenvalue weighted by Gasteiger charge is 2.27. The van der Waals surface area contributed by atoms with Gasteiger partial charge in [0.25, 0.3) is 5.91 Å². The van der Waals surface area contributed by atoms with Crippen LogP contribution in [0.15, 0.2) is 47.2 Å². The van der Waals surface area contributed by atoms with Gasteiger partial charge in [0.15, 0.2) is 0 Å². The molecule has 3 aromatic rings. The largest absolute Gasteiger partial charge is 0.469 e.